The molecule has 1 saturated carbocycles. The Morgan fingerprint density at radius 2 is 1.95 bits per heavy atom. The molecule has 1 atom stereocenters. The van der Waals surface area contributed by atoms with Gasteiger partial charge in [-0.15, -0.1) is 0 Å². The van der Waals surface area contributed by atoms with Gasteiger partial charge in [0.05, 0.1) is 6.10 Å². The molecule has 1 amide bonds. The van der Waals surface area contributed by atoms with Crippen LogP contribution in [-0.2, 0) is 11.2 Å². The van der Waals surface area contributed by atoms with E-state index in [-0.39, 0.29) is 12.0 Å². The van der Waals surface area contributed by atoms with Gasteiger partial charge in [0.2, 0.25) is 5.91 Å². The number of carbonyl (C=O) groups excluding carboxylic acids is 1. The lowest BCUT2D eigenvalue weighted by Gasteiger charge is -2.18. The minimum atomic E-state index is -0.372. The Bertz CT molecular complexity index is 385. The van der Waals surface area contributed by atoms with Crippen LogP contribution in [0.2, 0.25) is 0 Å². The molecular weight excluding hydrogens is 238 g/mol. The van der Waals surface area contributed by atoms with Crippen LogP contribution in [0.5, 0.6) is 0 Å². The minimum absolute atomic E-state index is 0.0286. The zero-order chi connectivity index (χ0) is 13.5. The van der Waals surface area contributed by atoms with Crippen LogP contribution in [0, 0.1) is 5.92 Å². The summed E-state index contributed by atoms with van der Waals surface area (Å²) in [6.07, 6.45) is 5.49. The van der Waals surface area contributed by atoms with Crippen molar-refractivity contribution in [2.45, 2.75) is 44.6 Å². The van der Waals surface area contributed by atoms with Gasteiger partial charge in [0.1, 0.15) is 0 Å². The van der Waals surface area contributed by atoms with Crippen LogP contribution in [0.25, 0.3) is 0 Å². The molecule has 1 aliphatic rings. The van der Waals surface area contributed by atoms with Crippen molar-refractivity contribution in [2.75, 3.05) is 6.54 Å². The second-order valence-electron chi connectivity index (χ2n) is 5.40. The van der Waals surface area contributed by atoms with E-state index in [2.05, 4.69) is 5.32 Å². The smallest absolute Gasteiger partial charge is 0.220 e. The zero-order valence-corrected chi connectivity index (χ0v) is 11.3. The van der Waals surface area contributed by atoms with Crippen molar-refractivity contribution in [1.29, 1.82) is 0 Å². The molecule has 2 N–H and O–H groups in total. The fraction of sp³-hybridized carbons (Fsp3) is 0.562. The number of benzene rings is 1. The molecule has 104 valence electrons. The molecule has 2 rings (SSSR count). The SMILES string of the molecule is O=C(CCc1ccccc1)NCC(O)C1CCCC1. The Hall–Kier alpha value is -1.35. The van der Waals surface area contributed by atoms with E-state index >= 15 is 0 Å². The number of aliphatic hydroxyl groups excluding tert-OH is 1. The first-order chi connectivity index (χ1) is 9.25. The zero-order valence-electron chi connectivity index (χ0n) is 11.3. The molecule has 0 radical (unpaired) electrons. The van der Waals surface area contributed by atoms with Crippen LogP contribution < -0.4 is 5.32 Å². The standard InChI is InChI=1S/C16H23NO2/c18-15(14-8-4-5-9-14)12-17-16(19)11-10-13-6-2-1-3-7-13/h1-3,6-7,14-15,18H,4-5,8-12H2,(H,17,19). The number of hydrogen-bond donors (Lipinski definition) is 2. The van der Waals surface area contributed by atoms with E-state index in [4.69, 9.17) is 0 Å². The number of hydrogen-bond acceptors (Lipinski definition) is 2. The van der Waals surface area contributed by atoms with Crippen LogP contribution in [0.3, 0.4) is 0 Å². The Balaban J connectivity index is 1.64. The lowest BCUT2D eigenvalue weighted by molar-refractivity contribution is -0.121. The van der Waals surface area contributed by atoms with E-state index < -0.39 is 0 Å². The average molecular weight is 261 g/mol. The molecule has 0 heterocycles. The van der Waals surface area contributed by atoms with E-state index in [0.29, 0.717) is 18.9 Å². The minimum Gasteiger partial charge on any atom is -0.391 e. The number of nitrogens with one attached hydrogen (secondary N) is 1. The van der Waals surface area contributed by atoms with Crippen LogP contribution in [0.15, 0.2) is 30.3 Å². The van der Waals surface area contributed by atoms with Gasteiger partial charge in [0.25, 0.3) is 0 Å². The van der Waals surface area contributed by atoms with Crippen molar-refractivity contribution in [3.63, 3.8) is 0 Å². The lowest BCUT2D eigenvalue weighted by atomic mass is 10.0. The predicted octanol–water partition coefficient (Wildman–Crippen LogP) is 2.29. The molecule has 0 aliphatic heterocycles. The molecule has 0 spiro atoms. The predicted molar refractivity (Wildman–Crippen MR) is 75.7 cm³/mol. The average Bonchev–Trinajstić information content (AvgIpc) is 2.98. The van der Waals surface area contributed by atoms with Gasteiger partial charge >= 0.3 is 0 Å². The summed E-state index contributed by atoms with van der Waals surface area (Å²) in [5.41, 5.74) is 1.17. The van der Waals surface area contributed by atoms with Gasteiger partial charge in [-0.3, -0.25) is 4.79 Å². The second kappa shape index (κ2) is 7.29. The summed E-state index contributed by atoms with van der Waals surface area (Å²) < 4.78 is 0. The largest absolute Gasteiger partial charge is 0.391 e. The van der Waals surface area contributed by atoms with Gasteiger partial charge < -0.3 is 10.4 Å². The number of carbonyl (C=O) groups is 1. The highest BCUT2D eigenvalue weighted by Gasteiger charge is 2.23. The van der Waals surface area contributed by atoms with Gasteiger partial charge in [0.15, 0.2) is 0 Å². The van der Waals surface area contributed by atoms with Gasteiger partial charge in [-0.05, 0) is 30.7 Å². The second-order valence-corrected chi connectivity index (χ2v) is 5.40. The van der Waals surface area contributed by atoms with Crippen LogP contribution in [0.1, 0.15) is 37.7 Å². The maximum Gasteiger partial charge on any atom is 0.220 e. The van der Waals surface area contributed by atoms with E-state index in [1.54, 1.807) is 0 Å². The molecule has 0 saturated heterocycles. The first-order valence-corrected chi connectivity index (χ1v) is 7.24. The molecule has 1 aromatic rings. The van der Waals surface area contributed by atoms with Crippen molar-refractivity contribution in [2.24, 2.45) is 5.92 Å². The Morgan fingerprint density at radius 3 is 2.63 bits per heavy atom. The number of aryl methyl sites for hydroxylation is 1. The fourth-order valence-corrected chi connectivity index (χ4v) is 2.72. The number of rotatable bonds is 6. The lowest BCUT2D eigenvalue weighted by Crippen LogP contribution is -2.35. The Kier molecular flexibility index (Phi) is 5.40. The Morgan fingerprint density at radius 1 is 1.26 bits per heavy atom. The first-order valence-electron chi connectivity index (χ1n) is 7.24. The van der Waals surface area contributed by atoms with E-state index in [0.717, 1.165) is 19.3 Å². The quantitative estimate of drug-likeness (QED) is 0.825. The van der Waals surface area contributed by atoms with Gasteiger partial charge in [0, 0.05) is 13.0 Å². The molecule has 1 aromatic carbocycles. The third kappa shape index (κ3) is 4.67. The van der Waals surface area contributed by atoms with Crippen molar-refractivity contribution in [1.82, 2.24) is 5.32 Å². The monoisotopic (exact) mass is 261 g/mol. The summed E-state index contributed by atoms with van der Waals surface area (Å²) in [5, 5.41) is 12.8. The molecule has 0 aromatic heterocycles. The first kappa shape index (κ1) is 14.1. The normalized spacial score (nSPS) is 17.3. The summed E-state index contributed by atoms with van der Waals surface area (Å²) >= 11 is 0. The van der Waals surface area contributed by atoms with Crippen molar-refractivity contribution >= 4 is 5.91 Å². The number of aliphatic hydroxyl groups is 1. The third-order valence-corrected chi connectivity index (χ3v) is 3.94. The summed E-state index contributed by atoms with van der Waals surface area (Å²) in [4.78, 5) is 11.7. The molecule has 1 unspecified atom stereocenters. The van der Waals surface area contributed by atoms with E-state index in [9.17, 15) is 9.90 Å². The molecule has 19 heavy (non-hydrogen) atoms. The molecular formula is C16H23NO2. The van der Waals surface area contributed by atoms with Crippen molar-refractivity contribution in [3.05, 3.63) is 35.9 Å². The molecule has 3 nitrogen and oxygen atoms in total. The van der Waals surface area contributed by atoms with Gasteiger partial charge in [-0.25, -0.2) is 0 Å². The van der Waals surface area contributed by atoms with E-state index in [1.165, 1.54) is 18.4 Å². The molecule has 1 fully saturated rings. The van der Waals surface area contributed by atoms with Crippen LogP contribution in [-0.4, -0.2) is 23.7 Å². The molecule has 0 bridgehead atoms. The third-order valence-electron chi connectivity index (χ3n) is 3.94. The summed E-state index contributed by atoms with van der Waals surface area (Å²) in [6, 6.07) is 10.00. The maximum absolute atomic E-state index is 11.7. The summed E-state index contributed by atoms with van der Waals surface area (Å²) in [6.45, 7) is 0.401. The highest BCUT2D eigenvalue weighted by molar-refractivity contribution is 5.76. The van der Waals surface area contributed by atoms with Gasteiger partial charge in [-0.2, -0.15) is 0 Å². The summed E-state index contributed by atoms with van der Waals surface area (Å²) in [7, 11) is 0. The summed E-state index contributed by atoms with van der Waals surface area (Å²) in [5.74, 6) is 0.412. The van der Waals surface area contributed by atoms with Gasteiger partial charge in [-0.1, -0.05) is 43.2 Å². The Labute approximate surface area is 115 Å². The van der Waals surface area contributed by atoms with Crippen LogP contribution >= 0.6 is 0 Å². The van der Waals surface area contributed by atoms with Crippen molar-refractivity contribution in [3.8, 4) is 0 Å². The maximum atomic E-state index is 11.7. The fourth-order valence-electron chi connectivity index (χ4n) is 2.72. The van der Waals surface area contributed by atoms with Crippen LogP contribution in [0.4, 0.5) is 0 Å². The van der Waals surface area contributed by atoms with Crippen molar-refractivity contribution < 1.29 is 9.90 Å². The molecule has 3 heteroatoms. The highest BCUT2D eigenvalue weighted by Crippen LogP contribution is 2.27. The number of amides is 1. The topological polar surface area (TPSA) is 49.3 Å². The van der Waals surface area contributed by atoms with E-state index in [1.807, 2.05) is 30.3 Å². The highest BCUT2D eigenvalue weighted by atomic mass is 16.3. The molecule has 1 aliphatic carbocycles.